The minimum atomic E-state index is -0.00980. The molecule has 3 atom stereocenters. The van der Waals surface area contributed by atoms with Crippen LogP contribution in [0.1, 0.15) is 25.3 Å². The molecule has 0 bridgehead atoms. The van der Waals surface area contributed by atoms with Gasteiger partial charge in [0.05, 0.1) is 10.8 Å². The Morgan fingerprint density at radius 3 is 2.71 bits per heavy atom. The fourth-order valence-corrected chi connectivity index (χ4v) is 3.21. The van der Waals surface area contributed by atoms with E-state index in [0.717, 1.165) is 19.3 Å². The molecule has 5 heteroatoms. The number of rotatable bonds is 1. The Balaban J connectivity index is 2.14. The van der Waals surface area contributed by atoms with Crippen LogP contribution in [0.3, 0.4) is 0 Å². The zero-order chi connectivity index (χ0) is 10.1. The number of hydrogen-bond acceptors (Lipinski definition) is 2. The summed E-state index contributed by atoms with van der Waals surface area (Å²) in [6.45, 7) is 0. The Bertz CT molecular complexity index is 362. The van der Waals surface area contributed by atoms with Crippen molar-refractivity contribution in [2.24, 2.45) is 0 Å². The SMILES string of the molecule is O=c1ccsn1C1CCC(Cl)C(Cl)C1. The van der Waals surface area contributed by atoms with Crippen LogP contribution in [0.2, 0.25) is 0 Å². The summed E-state index contributed by atoms with van der Waals surface area (Å²) in [5, 5.41) is 1.87. The van der Waals surface area contributed by atoms with Crippen molar-refractivity contribution in [3.8, 4) is 0 Å². The van der Waals surface area contributed by atoms with Crippen LogP contribution in [-0.4, -0.2) is 14.7 Å². The summed E-state index contributed by atoms with van der Waals surface area (Å²) >= 11 is 13.6. The van der Waals surface area contributed by atoms with E-state index < -0.39 is 0 Å². The third kappa shape index (κ3) is 2.00. The molecule has 14 heavy (non-hydrogen) atoms. The van der Waals surface area contributed by atoms with Gasteiger partial charge in [-0.05, 0) is 19.3 Å². The average molecular weight is 252 g/mol. The van der Waals surface area contributed by atoms with Crippen LogP contribution in [0.25, 0.3) is 0 Å². The van der Waals surface area contributed by atoms with Gasteiger partial charge < -0.3 is 0 Å². The molecule has 1 aliphatic carbocycles. The third-order valence-corrected chi connectivity index (χ3v) is 4.70. The summed E-state index contributed by atoms with van der Waals surface area (Å²) in [7, 11) is 0. The number of hydrogen-bond donors (Lipinski definition) is 0. The molecule has 1 aromatic heterocycles. The maximum absolute atomic E-state index is 11.4. The molecule has 1 fully saturated rings. The van der Waals surface area contributed by atoms with E-state index in [2.05, 4.69) is 0 Å². The van der Waals surface area contributed by atoms with Gasteiger partial charge in [0.2, 0.25) is 0 Å². The topological polar surface area (TPSA) is 22.0 Å². The fraction of sp³-hybridized carbons (Fsp3) is 0.667. The summed E-state index contributed by atoms with van der Waals surface area (Å²) in [5.41, 5.74) is 0.0805. The summed E-state index contributed by atoms with van der Waals surface area (Å²) in [4.78, 5) is 11.4. The molecule has 0 amide bonds. The van der Waals surface area contributed by atoms with Crippen LogP contribution in [0.4, 0.5) is 0 Å². The van der Waals surface area contributed by atoms with Gasteiger partial charge in [-0.3, -0.25) is 8.75 Å². The van der Waals surface area contributed by atoms with Gasteiger partial charge in [0.1, 0.15) is 0 Å². The second-order valence-corrected chi connectivity index (χ2v) is 5.57. The number of halogens is 2. The predicted molar refractivity (Wildman–Crippen MR) is 60.7 cm³/mol. The van der Waals surface area contributed by atoms with E-state index in [1.807, 2.05) is 5.38 Å². The highest BCUT2D eigenvalue weighted by molar-refractivity contribution is 7.04. The van der Waals surface area contributed by atoms with Gasteiger partial charge in [-0.15, -0.1) is 23.2 Å². The number of aromatic nitrogens is 1. The van der Waals surface area contributed by atoms with Crippen molar-refractivity contribution in [2.75, 3.05) is 0 Å². The van der Waals surface area contributed by atoms with Crippen molar-refractivity contribution in [2.45, 2.75) is 36.1 Å². The van der Waals surface area contributed by atoms with E-state index in [1.165, 1.54) is 11.5 Å². The maximum Gasteiger partial charge on any atom is 0.260 e. The molecule has 0 spiro atoms. The number of alkyl halides is 2. The fourth-order valence-electron chi connectivity index (χ4n) is 1.82. The first-order valence-corrected chi connectivity index (χ1v) is 6.34. The van der Waals surface area contributed by atoms with E-state index in [4.69, 9.17) is 23.2 Å². The van der Waals surface area contributed by atoms with Gasteiger partial charge in [-0.2, -0.15) is 0 Å². The lowest BCUT2D eigenvalue weighted by Gasteiger charge is -2.29. The second kappa shape index (κ2) is 4.25. The monoisotopic (exact) mass is 251 g/mol. The van der Waals surface area contributed by atoms with Gasteiger partial charge in [0.25, 0.3) is 5.56 Å². The highest BCUT2D eigenvalue weighted by Gasteiger charge is 2.29. The van der Waals surface area contributed by atoms with Gasteiger partial charge in [0, 0.05) is 17.5 Å². The molecule has 0 aliphatic heterocycles. The van der Waals surface area contributed by atoms with Crippen LogP contribution >= 0.6 is 34.7 Å². The molecule has 3 unspecified atom stereocenters. The van der Waals surface area contributed by atoms with Crippen molar-refractivity contribution in [1.82, 2.24) is 3.96 Å². The van der Waals surface area contributed by atoms with Gasteiger partial charge >= 0.3 is 0 Å². The first kappa shape index (κ1) is 10.5. The molecule has 2 nitrogen and oxygen atoms in total. The Labute approximate surface area is 96.6 Å². The minimum absolute atomic E-state index is 0.00980. The quantitative estimate of drug-likeness (QED) is 0.704. The first-order chi connectivity index (χ1) is 6.68. The molecular weight excluding hydrogens is 241 g/mol. The van der Waals surface area contributed by atoms with Gasteiger partial charge in [-0.1, -0.05) is 11.5 Å². The Morgan fingerprint density at radius 2 is 2.14 bits per heavy atom. The third-order valence-electron chi connectivity index (χ3n) is 2.60. The smallest absolute Gasteiger partial charge is 0.260 e. The molecule has 2 rings (SSSR count). The lowest BCUT2D eigenvalue weighted by molar-refractivity contribution is 0.374. The second-order valence-electron chi connectivity index (χ2n) is 3.57. The van der Waals surface area contributed by atoms with Crippen LogP contribution in [0.15, 0.2) is 16.2 Å². The van der Waals surface area contributed by atoms with Crippen LogP contribution < -0.4 is 5.56 Å². The van der Waals surface area contributed by atoms with Crippen LogP contribution in [-0.2, 0) is 0 Å². The molecule has 78 valence electrons. The minimum Gasteiger partial charge on any atom is -0.268 e. The van der Waals surface area contributed by atoms with Gasteiger partial charge in [0.15, 0.2) is 0 Å². The predicted octanol–water partition coefficient (Wildman–Crippen LogP) is 2.85. The lowest BCUT2D eigenvalue weighted by atomic mass is 9.95. The van der Waals surface area contributed by atoms with Crippen molar-refractivity contribution in [3.63, 3.8) is 0 Å². The average Bonchev–Trinajstić information content (AvgIpc) is 2.57. The van der Waals surface area contributed by atoms with Gasteiger partial charge in [-0.25, -0.2) is 0 Å². The molecular formula is C9H11Cl2NOS. The molecule has 0 radical (unpaired) electrons. The summed E-state index contributed by atoms with van der Waals surface area (Å²) in [6.07, 6.45) is 2.65. The summed E-state index contributed by atoms with van der Waals surface area (Å²) < 4.78 is 1.80. The van der Waals surface area contributed by atoms with E-state index in [0.29, 0.717) is 0 Å². The van der Waals surface area contributed by atoms with E-state index in [-0.39, 0.29) is 22.4 Å². The lowest BCUT2D eigenvalue weighted by Crippen LogP contribution is -2.30. The zero-order valence-corrected chi connectivity index (χ0v) is 9.86. The maximum atomic E-state index is 11.4. The summed E-state index contributed by atoms with van der Waals surface area (Å²) in [6, 6.07) is 1.85. The van der Waals surface area contributed by atoms with Crippen LogP contribution in [0, 0.1) is 0 Å². The highest BCUT2D eigenvalue weighted by Crippen LogP contribution is 2.34. The first-order valence-electron chi connectivity index (χ1n) is 4.63. The van der Waals surface area contributed by atoms with Crippen LogP contribution in [0.5, 0.6) is 0 Å². The largest absolute Gasteiger partial charge is 0.268 e. The zero-order valence-electron chi connectivity index (χ0n) is 7.53. The standard InChI is InChI=1S/C9H11Cl2NOS/c10-7-2-1-6(5-8(7)11)12-9(13)3-4-14-12/h3-4,6-8H,1-2,5H2. The van der Waals surface area contributed by atoms with Crippen molar-refractivity contribution in [1.29, 1.82) is 0 Å². The summed E-state index contributed by atoms with van der Waals surface area (Å²) in [5.74, 6) is 0. The Morgan fingerprint density at radius 1 is 1.36 bits per heavy atom. The molecule has 0 N–H and O–H groups in total. The van der Waals surface area contributed by atoms with Crippen molar-refractivity contribution >= 4 is 34.7 Å². The highest BCUT2D eigenvalue weighted by atomic mass is 35.5. The molecule has 1 heterocycles. The molecule has 0 saturated heterocycles. The molecule has 1 aliphatic rings. The van der Waals surface area contributed by atoms with Crippen molar-refractivity contribution in [3.05, 3.63) is 21.8 Å². The molecule has 0 aromatic carbocycles. The number of nitrogens with zero attached hydrogens (tertiary/aromatic N) is 1. The molecule has 1 saturated carbocycles. The Kier molecular flexibility index (Phi) is 3.20. The van der Waals surface area contributed by atoms with Crippen molar-refractivity contribution < 1.29 is 0 Å². The normalized spacial score (nSPS) is 33.1. The van der Waals surface area contributed by atoms with E-state index in [1.54, 1.807) is 10.0 Å². The molecule has 1 aromatic rings. The Hall–Kier alpha value is 0.01000. The van der Waals surface area contributed by atoms with E-state index >= 15 is 0 Å². The van der Waals surface area contributed by atoms with E-state index in [9.17, 15) is 4.79 Å².